The van der Waals surface area contributed by atoms with Gasteiger partial charge in [-0.2, -0.15) is 0 Å². The Hall–Kier alpha value is -3.22. The van der Waals surface area contributed by atoms with Crippen LogP contribution in [0, 0.1) is 5.92 Å². The predicted octanol–water partition coefficient (Wildman–Crippen LogP) is 2.34. The van der Waals surface area contributed by atoms with E-state index in [1.165, 1.54) is 0 Å². The molecule has 2 rings (SSSR count). The van der Waals surface area contributed by atoms with Gasteiger partial charge in [0.05, 0.1) is 56.8 Å². The number of nitrogens with one attached hydrogen (secondary N) is 6. The summed E-state index contributed by atoms with van der Waals surface area (Å²) in [6, 6.07) is 6.97. The quantitative estimate of drug-likeness (QED) is 0.112. The third-order valence-corrected chi connectivity index (χ3v) is 10.8. The smallest absolute Gasteiger partial charge is 0.163 e. The fraction of sp³-hybridized carbons (Fsp3) is 0.733. The van der Waals surface area contributed by atoms with Crippen LogP contribution in [0.2, 0.25) is 0 Å². The molecule has 0 aliphatic carbocycles. The van der Waals surface area contributed by atoms with E-state index in [0.717, 1.165) is 5.56 Å². The lowest BCUT2D eigenvalue weighted by Gasteiger charge is -2.23. The maximum absolute atomic E-state index is 15.0. The second-order valence-corrected chi connectivity index (χ2v) is 16.8. The molecule has 14 nitrogen and oxygen atoms in total. The molecule has 2 unspecified atom stereocenters. The van der Waals surface area contributed by atoms with E-state index in [2.05, 4.69) is 31.9 Å². The molecule has 1 aliphatic heterocycles. The van der Waals surface area contributed by atoms with Crippen LogP contribution in [0.4, 0.5) is 8.78 Å². The van der Waals surface area contributed by atoms with Crippen molar-refractivity contribution in [2.24, 2.45) is 17.4 Å². The molecule has 1 heterocycles. The lowest BCUT2D eigenvalue weighted by molar-refractivity contribution is -0.130. The van der Waals surface area contributed by atoms with Crippen LogP contribution in [-0.2, 0) is 35.2 Å². The van der Waals surface area contributed by atoms with Gasteiger partial charge >= 0.3 is 0 Å². The summed E-state index contributed by atoms with van der Waals surface area (Å²) in [6.45, 7) is 5.07. The average molecular weight is 863 g/mol. The van der Waals surface area contributed by atoms with Crippen molar-refractivity contribution in [2.75, 3.05) is 59.0 Å². The van der Waals surface area contributed by atoms with Crippen LogP contribution in [0.15, 0.2) is 30.3 Å². The summed E-state index contributed by atoms with van der Waals surface area (Å²) in [5, 5.41) is 18.6. The minimum absolute atomic E-state index is 0.0911. The number of rotatable bonds is 12. The number of benzene rings is 1. The Balaban J connectivity index is 2.17. The summed E-state index contributed by atoms with van der Waals surface area (Å²) in [5.74, 6) is -1.48. The van der Waals surface area contributed by atoms with Gasteiger partial charge in [0.25, 0.3) is 0 Å². The topological polar surface area (TPSA) is 227 Å². The van der Waals surface area contributed by atoms with Crippen LogP contribution in [0.5, 0.6) is 0 Å². The first-order valence-electron chi connectivity index (χ1n) is 22.5. The number of ketones is 6. The van der Waals surface area contributed by atoms with Gasteiger partial charge in [-0.25, -0.2) is 8.78 Å². The Morgan fingerprint density at radius 3 is 1.56 bits per heavy atom. The molecular formula is C45H76F2N8O6. The van der Waals surface area contributed by atoms with E-state index < -0.39 is 36.5 Å². The Kier molecular flexibility index (Phi) is 28.7. The van der Waals surface area contributed by atoms with Gasteiger partial charge in [-0.1, -0.05) is 57.0 Å². The van der Waals surface area contributed by atoms with E-state index in [1.54, 1.807) is 0 Å². The van der Waals surface area contributed by atoms with Crippen molar-refractivity contribution in [1.29, 1.82) is 0 Å². The van der Waals surface area contributed by atoms with Gasteiger partial charge in [0.15, 0.2) is 23.1 Å². The van der Waals surface area contributed by atoms with Crippen molar-refractivity contribution in [3.8, 4) is 0 Å². The second-order valence-electron chi connectivity index (χ2n) is 16.8. The number of halogens is 2. The molecule has 0 bridgehead atoms. The zero-order chi connectivity index (χ0) is 44.8. The standard InChI is InChI=1S/C45H76F2N8O6/c1-32(2)22-40-44(60)29-50-27-36(56)24-34(46)14-10-20-52-38(16-6-8-18-48)42(58)26-43(59)39(17-7-9-19-49)53-21-11-15-35(47)25-37(57)28-51-30-45(61)41(55-31-54-40)23-33-12-4-3-5-13-33/h3-5,12-13,32,34-35,38-41,50-55H,6-11,14-31,48-49H2,1-2H3/t34?,35?,38-,39-,40-,41-/m0/s1. The summed E-state index contributed by atoms with van der Waals surface area (Å²) in [7, 11) is 0. The lowest BCUT2D eigenvalue weighted by atomic mass is 9.96. The number of carbonyl (C=O) groups is 6. The Labute approximate surface area is 362 Å². The number of nitrogens with two attached hydrogens (primary N) is 2. The van der Waals surface area contributed by atoms with Gasteiger partial charge in [-0.15, -0.1) is 0 Å². The minimum atomic E-state index is -1.41. The molecule has 1 aromatic carbocycles. The van der Waals surface area contributed by atoms with E-state index >= 15 is 0 Å². The van der Waals surface area contributed by atoms with Gasteiger partial charge in [-0.3, -0.25) is 39.4 Å². The van der Waals surface area contributed by atoms with Crippen LogP contribution in [-0.4, -0.2) is 130 Å². The Morgan fingerprint density at radius 1 is 0.607 bits per heavy atom. The van der Waals surface area contributed by atoms with Gasteiger partial charge in [-0.05, 0) is 102 Å². The Bertz CT molecular complexity index is 1440. The summed E-state index contributed by atoms with van der Waals surface area (Å²) in [6.07, 6.45) is 1.74. The zero-order valence-corrected chi connectivity index (χ0v) is 36.8. The highest BCUT2D eigenvalue weighted by molar-refractivity contribution is 6.03. The average Bonchev–Trinajstić information content (AvgIpc) is 3.21. The van der Waals surface area contributed by atoms with Crippen LogP contribution in [0.1, 0.15) is 109 Å². The molecule has 0 amide bonds. The van der Waals surface area contributed by atoms with E-state index in [-0.39, 0.29) is 106 Å². The van der Waals surface area contributed by atoms with Crippen LogP contribution in [0.25, 0.3) is 0 Å². The van der Waals surface area contributed by atoms with Gasteiger partial charge in [0, 0.05) is 19.5 Å². The molecule has 6 atom stereocenters. The second kappa shape index (κ2) is 32.5. The summed E-state index contributed by atoms with van der Waals surface area (Å²) in [4.78, 5) is 78.9. The maximum atomic E-state index is 15.0. The number of hydrogen-bond donors (Lipinski definition) is 8. The molecule has 0 saturated carbocycles. The highest BCUT2D eigenvalue weighted by atomic mass is 19.1. The molecule has 1 fully saturated rings. The highest BCUT2D eigenvalue weighted by Crippen LogP contribution is 2.13. The molecule has 1 aliphatic rings. The largest absolute Gasteiger partial charge is 0.330 e. The number of carbonyl (C=O) groups excluding carboxylic acids is 6. The number of Topliss-reactive ketones (excluding diaryl/α,β-unsaturated/α-hetero) is 6. The molecule has 1 saturated heterocycles. The van der Waals surface area contributed by atoms with E-state index in [9.17, 15) is 37.5 Å². The van der Waals surface area contributed by atoms with Crippen molar-refractivity contribution in [1.82, 2.24) is 31.9 Å². The normalized spacial score (nSPS) is 25.9. The van der Waals surface area contributed by atoms with Crippen LogP contribution in [0.3, 0.4) is 0 Å². The van der Waals surface area contributed by atoms with E-state index in [4.69, 9.17) is 11.5 Å². The molecule has 0 aromatic heterocycles. The van der Waals surface area contributed by atoms with E-state index in [0.29, 0.717) is 90.4 Å². The number of hydrogen-bond acceptors (Lipinski definition) is 14. The monoisotopic (exact) mass is 863 g/mol. The molecule has 10 N–H and O–H groups in total. The third kappa shape index (κ3) is 24.9. The molecular weight excluding hydrogens is 787 g/mol. The van der Waals surface area contributed by atoms with Crippen LogP contribution >= 0.6 is 0 Å². The molecule has 16 heteroatoms. The fourth-order valence-electron chi connectivity index (χ4n) is 7.35. The van der Waals surface area contributed by atoms with Crippen molar-refractivity contribution in [3.05, 3.63) is 35.9 Å². The molecule has 0 spiro atoms. The first-order valence-corrected chi connectivity index (χ1v) is 22.5. The van der Waals surface area contributed by atoms with Crippen molar-refractivity contribution in [2.45, 2.75) is 147 Å². The molecule has 1 aromatic rings. The van der Waals surface area contributed by atoms with E-state index in [1.807, 2.05) is 44.2 Å². The number of alkyl halides is 2. The molecule has 61 heavy (non-hydrogen) atoms. The summed E-state index contributed by atoms with van der Waals surface area (Å²) < 4.78 is 29.9. The fourth-order valence-corrected chi connectivity index (χ4v) is 7.35. The maximum Gasteiger partial charge on any atom is 0.163 e. The Morgan fingerprint density at radius 2 is 1.08 bits per heavy atom. The van der Waals surface area contributed by atoms with Gasteiger partial charge < -0.3 is 32.7 Å². The molecule has 346 valence electrons. The van der Waals surface area contributed by atoms with Crippen LogP contribution < -0.4 is 43.4 Å². The molecule has 0 radical (unpaired) electrons. The highest BCUT2D eigenvalue weighted by Gasteiger charge is 2.26. The van der Waals surface area contributed by atoms with Crippen molar-refractivity contribution in [3.63, 3.8) is 0 Å². The number of unbranched alkanes of at least 4 members (excludes halogenated alkanes) is 2. The van der Waals surface area contributed by atoms with Gasteiger partial charge in [0.1, 0.15) is 23.9 Å². The summed E-state index contributed by atoms with van der Waals surface area (Å²) >= 11 is 0. The first kappa shape index (κ1) is 53.9. The first-order chi connectivity index (χ1) is 29.3. The SMILES string of the molecule is CC(C)C[C@@H]1NCN[C@@H](Cc2ccccc2)C(=O)CNCC(=O)CC(F)CCCN[C@@H](CCCCN)C(=O)CC(=O)[C@H](CCCCN)NCCCC(F)CC(=O)CNCC1=O. The zero-order valence-electron chi connectivity index (χ0n) is 36.8. The minimum Gasteiger partial charge on any atom is -0.330 e. The van der Waals surface area contributed by atoms with Gasteiger partial charge in [0.2, 0.25) is 0 Å². The summed E-state index contributed by atoms with van der Waals surface area (Å²) in [5.41, 5.74) is 12.3. The third-order valence-electron chi connectivity index (χ3n) is 10.8. The van der Waals surface area contributed by atoms with Crippen molar-refractivity contribution >= 4 is 34.7 Å². The van der Waals surface area contributed by atoms with Crippen molar-refractivity contribution < 1.29 is 37.5 Å². The lowest BCUT2D eigenvalue weighted by Crippen LogP contribution is -2.51. The predicted molar refractivity (Wildman–Crippen MR) is 236 cm³/mol.